The van der Waals surface area contributed by atoms with Gasteiger partial charge in [0, 0.05) is 11.9 Å². The van der Waals surface area contributed by atoms with E-state index in [9.17, 15) is 18.3 Å². The number of rotatable bonds is 7. The summed E-state index contributed by atoms with van der Waals surface area (Å²) in [5.74, 6) is 0.711. The molecule has 28 heavy (non-hydrogen) atoms. The third-order valence-corrected chi connectivity index (χ3v) is 4.74. The number of halogens is 3. The van der Waals surface area contributed by atoms with Crippen LogP contribution in [-0.2, 0) is 6.18 Å². The Bertz CT molecular complexity index is 890. The van der Waals surface area contributed by atoms with E-state index >= 15 is 0 Å². The molecule has 0 amide bonds. The number of aromatic nitrogens is 2. The standard InChI is InChI=1S/C20H17F3N2O2S/c21-20(22,23)18-10-11-24-19(25-18)28-13-16(26)12-27-17-8-6-15(7-9-17)14-4-2-1-3-5-14/h1-11,16,26H,12-13H2. The molecule has 1 N–H and O–H groups in total. The molecule has 8 heteroatoms. The smallest absolute Gasteiger partial charge is 0.433 e. The lowest BCUT2D eigenvalue weighted by Crippen LogP contribution is -2.20. The number of thioether (sulfide) groups is 1. The zero-order valence-electron chi connectivity index (χ0n) is 14.6. The summed E-state index contributed by atoms with van der Waals surface area (Å²) in [6, 6.07) is 18.1. The van der Waals surface area contributed by atoms with Crippen molar-refractivity contribution >= 4 is 11.8 Å². The third-order valence-electron chi connectivity index (χ3n) is 3.73. The van der Waals surface area contributed by atoms with Gasteiger partial charge in [-0.25, -0.2) is 9.97 Å². The Hall–Kier alpha value is -2.58. The molecule has 0 aliphatic carbocycles. The molecule has 0 spiro atoms. The van der Waals surface area contributed by atoms with Crippen LogP contribution in [0.3, 0.4) is 0 Å². The highest BCUT2D eigenvalue weighted by molar-refractivity contribution is 7.99. The number of ether oxygens (including phenoxy) is 1. The summed E-state index contributed by atoms with van der Waals surface area (Å²) >= 11 is 0.941. The predicted octanol–water partition coefficient (Wildman–Crippen LogP) is 4.69. The van der Waals surface area contributed by atoms with Crippen molar-refractivity contribution in [2.45, 2.75) is 17.4 Å². The number of benzene rings is 2. The molecule has 1 heterocycles. The minimum atomic E-state index is -4.52. The van der Waals surface area contributed by atoms with E-state index in [1.54, 1.807) is 12.1 Å². The minimum Gasteiger partial charge on any atom is -0.491 e. The van der Waals surface area contributed by atoms with Crippen LogP contribution in [-0.4, -0.2) is 33.5 Å². The normalized spacial score (nSPS) is 12.6. The van der Waals surface area contributed by atoms with E-state index < -0.39 is 18.0 Å². The first kappa shape index (κ1) is 20.2. The highest BCUT2D eigenvalue weighted by atomic mass is 32.2. The maximum atomic E-state index is 12.6. The highest BCUT2D eigenvalue weighted by Gasteiger charge is 2.32. The van der Waals surface area contributed by atoms with Gasteiger partial charge in [-0.3, -0.25) is 0 Å². The van der Waals surface area contributed by atoms with Crippen LogP contribution in [0.4, 0.5) is 13.2 Å². The Morgan fingerprint density at radius 3 is 2.32 bits per heavy atom. The summed E-state index contributed by atoms with van der Waals surface area (Å²) in [6.45, 7) is 0.0106. The summed E-state index contributed by atoms with van der Waals surface area (Å²) in [7, 11) is 0. The topological polar surface area (TPSA) is 55.2 Å². The van der Waals surface area contributed by atoms with E-state index in [-0.39, 0.29) is 17.5 Å². The van der Waals surface area contributed by atoms with Crippen LogP contribution in [0, 0.1) is 0 Å². The van der Waals surface area contributed by atoms with Crippen molar-refractivity contribution < 1.29 is 23.0 Å². The first-order valence-corrected chi connectivity index (χ1v) is 9.40. The molecule has 0 fully saturated rings. The Kier molecular flexibility index (Phi) is 6.53. The number of aliphatic hydroxyl groups excluding tert-OH is 1. The molecule has 0 aliphatic heterocycles. The highest BCUT2D eigenvalue weighted by Crippen LogP contribution is 2.28. The van der Waals surface area contributed by atoms with Gasteiger partial charge < -0.3 is 9.84 Å². The Balaban J connectivity index is 1.49. The number of alkyl halides is 3. The molecule has 0 saturated carbocycles. The molecule has 146 valence electrons. The van der Waals surface area contributed by atoms with Crippen LogP contribution in [0.2, 0.25) is 0 Å². The van der Waals surface area contributed by atoms with Crippen LogP contribution in [0.1, 0.15) is 5.69 Å². The number of hydrogen-bond donors (Lipinski definition) is 1. The SMILES string of the molecule is OC(COc1ccc(-c2ccccc2)cc1)CSc1nccc(C(F)(F)F)n1. The van der Waals surface area contributed by atoms with Gasteiger partial charge in [0.2, 0.25) is 0 Å². The number of aliphatic hydroxyl groups is 1. The Morgan fingerprint density at radius 1 is 0.964 bits per heavy atom. The van der Waals surface area contributed by atoms with E-state index in [4.69, 9.17) is 4.74 Å². The molecule has 1 atom stereocenters. The second-order valence-electron chi connectivity index (χ2n) is 5.89. The second-order valence-corrected chi connectivity index (χ2v) is 6.88. The molecule has 1 aromatic heterocycles. The molecule has 0 aliphatic rings. The number of nitrogens with zero attached hydrogens (tertiary/aromatic N) is 2. The van der Waals surface area contributed by atoms with Crippen LogP contribution in [0.25, 0.3) is 11.1 Å². The van der Waals surface area contributed by atoms with Crippen molar-refractivity contribution in [3.05, 3.63) is 72.6 Å². The molecule has 3 aromatic rings. The summed E-state index contributed by atoms with van der Waals surface area (Å²) < 4.78 is 43.5. The fourth-order valence-corrected chi connectivity index (χ4v) is 3.09. The van der Waals surface area contributed by atoms with Crippen molar-refractivity contribution in [2.24, 2.45) is 0 Å². The van der Waals surface area contributed by atoms with E-state index in [1.807, 2.05) is 42.5 Å². The number of hydrogen-bond acceptors (Lipinski definition) is 5. The van der Waals surface area contributed by atoms with Gasteiger partial charge in [0.25, 0.3) is 0 Å². The quantitative estimate of drug-likeness (QED) is 0.456. The van der Waals surface area contributed by atoms with E-state index in [0.717, 1.165) is 35.2 Å². The first-order chi connectivity index (χ1) is 13.4. The molecular formula is C20H17F3N2O2S. The Labute approximate surface area is 164 Å². The van der Waals surface area contributed by atoms with Crippen LogP contribution >= 0.6 is 11.8 Å². The molecule has 0 bridgehead atoms. The summed E-state index contributed by atoms with van der Waals surface area (Å²) in [4.78, 5) is 7.23. The zero-order chi connectivity index (χ0) is 20.0. The average molecular weight is 406 g/mol. The fourth-order valence-electron chi connectivity index (χ4n) is 2.35. The zero-order valence-corrected chi connectivity index (χ0v) is 15.5. The lowest BCUT2D eigenvalue weighted by molar-refractivity contribution is -0.141. The minimum absolute atomic E-state index is 0.0106. The van der Waals surface area contributed by atoms with Gasteiger partial charge in [0.1, 0.15) is 18.1 Å². The first-order valence-electron chi connectivity index (χ1n) is 8.41. The lowest BCUT2D eigenvalue weighted by Gasteiger charge is -2.12. The second kappa shape index (κ2) is 9.07. The Morgan fingerprint density at radius 2 is 1.64 bits per heavy atom. The van der Waals surface area contributed by atoms with E-state index in [0.29, 0.717) is 5.75 Å². The van der Waals surface area contributed by atoms with Crippen LogP contribution in [0.15, 0.2) is 72.0 Å². The largest absolute Gasteiger partial charge is 0.491 e. The maximum Gasteiger partial charge on any atom is 0.433 e. The average Bonchev–Trinajstić information content (AvgIpc) is 2.71. The molecule has 1 unspecified atom stereocenters. The van der Waals surface area contributed by atoms with E-state index in [1.165, 1.54) is 0 Å². The van der Waals surface area contributed by atoms with Gasteiger partial charge in [-0.2, -0.15) is 13.2 Å². The van der Waals surface area contributed by atoms with Crippen molar-refractivity contribution in [3.63, 3.8) is 0 Å². The summed E-state index contributed by atoms with van der Waals surface area (Å²) in [5, 5.41) is 9.97. The molecule has 2 aromatic carbocycles. The molecule has 3 rings (SSSR count). The van der Waals surface area contributed by atoms with Gasteiger partial charge >= 0.3 is 6.18 Å². The summed E-state index contributed by atoms with van der Waals surface area (Å²) in [6.07, 6.45) is -4.35. The predicted molar refractivity (Wildman–Crippen MR) is 101 cm³/mol. The van der Waals surface area contributed by atoms with Crippen molar-refractivity contribution in [1.82, 2.24) is 9.97 Å². The van der Waals surface area contributed by atoms with Gasteiger partial charge in [-0.15, -0.1) is 0 Å². The third kappa shape index (κ3) is 5.71. The molecule has 4 nitrogen and oxygen atoms in total. The lowest BCUT2D eigenvalue weighted by atomic mass is 10.1. The van der Waals surface area contributed by atoms with Crippen LogP contribution < -0.4 is 4.74 Å². The van der Waals surface area contributed by atoms with Gasteiger partial charge in [-0.05, 0) is 29.3 Å². The fraction of sp³-hybridized carbons (Fsp3) is 0.200. The van der Waals surface area contributed by atoms with Gasteiger partial charge in [-0.1, -0.05) is 54.2 Å². The van der Waals surface area contributed by atoms with E-state index in [2.05, 4.69) is 9.97 Å². The van der Waals surface area contributed by atoms with Crippen molar-refractivity contribution in [3.8, 4) is 16.9 Å². The molecule has 0 radical (unpaired) electrons. The van der Waals surface area contributed by atoms with Crippen molar-refractivity contribution in [1.29, 1.82) is 0 Å². The maximum absolute atomic E-state index is 12.6. The van der Waals surface area contributed by atoms with Crippen LogP contribution in [0.5, 0.6) is 5.75 Å². The monoisotopic (exact) mass is 406 g/mol. The molecule has 0 saturated heterocycles. The van der Waals surface area contributed by atoms with Gasteiger partial charge in [0.15, 0.2) is 5.16 Å². The van der Waals surface area contributed by atoms with Gasteiger partial charge in [0.05, 0.1) is 6.10 Å². The van der Waals surface area contributed by atoms with Crippen molar-refractivity contribution in [2.75, 3.05) is 12.4 Å². The summed E-state index contributed by atoms with van der Waals surface area (Å²) in [5.41, 5.74) is 1.13. The molecular weight excluding hydrogens is 389 g/mol.